The molecule has 2 aromatic carbocycles. The maximum atomic E-state index is 12.2. The van der Waals surface area contributed by atoms with Gasteiger partial charge in [-0.2, -0.15) is 0 Å². The lowest BCUT2D eigenvalue weighted by molar-refractivity contribution is -0.122. The van der Waals surface area contributed by atoms with Crippen molar-refractivity contribution < 1.29 is 19.1 Å². The standard InChI is InChI=1S/C19H20N2O4S/c1-3-24-14-5-7-15(8-6-14)26-11-18(22)20-13-4-9-17-16(10-13)21-19(23)12(2)25-17/h4-10,12H,3,11H2,1-2H3,(H,20,22)(H,21,23)/t12-/m1/s1. The van der Waals surface area contributed by atoms with E-state index >= 15 is 0 Å². The third-order valence-corrected chi connectivity index (χ3v) is 4.71. The zero-order valence-corrected chi connectivity index (χ0v) is 15.4. The molecule has 1 aliphatic rings. The minimum absolute atomic E-state index is 0.125. The second-order valence-corrected chi connectivity index (χ2v) is 6.75. The van der Waals surface area contributed by atoms with Gasteiger partial charge in [0.1, 0.15) is 11.5 Å². The Bertz CT molecular complexity index is 808. The first kappa shape index (κ1) is 18.1. The van der Waals surface area contributed by atoms with Gasteiger partial charge < -0.3 is 20.1 Å². The lowest BCUT2D eigenvalue weighted by atomic mass is 10.2. The highest BCUT2D eigenvalue weighted by Gasteiger charge is 2.23. The molecule has 0 saturated heterocycles. The van der Waals surface area contributed by atoms with Crippen molar-refractivity contribution in [1.82, 2.24) is 0 Å². The number of hydrogen-bond acceptors (Lipinski definition) is 5. The molecule has 0 bridgehead atoms. The van der Waals surface area contributed by atoms with Crippen LogP contribution in [0.2, 0.25) is 0 Å². The molecule has 6 nitrogen and oxygen atoms in total. The maximum absolute atomic E-state index is 12.2. The summed E-state index contributed by atoms with van der Waals surface area (Å²) >= 11 is 1.44. The summed E-state index contributed by atoms with van der Waals surface area (Å²) in [4.78, 5) is 24.8. The van der Waals surface area contributed by atoms with E-state index in [1.807, 2.05) is 31.2 Å². The lowest BCUT2D eigenvalue weighted by Crippen LogP contribution is -2.34. The Hall–Kier alpha value is -2.67. The van der Waals surface area contributed by atoms with Crippen LogP contribution in [0.25, 0.3) is 0 Å². The van der Waals surface area contributed by atoms with Crippen LogP contribution in [-0.2, 0) is 9.59 Å². The van der Waals surface area contributed by atoms with Crippen LogP contribution in [0.4, 0.5) is 11.4 Å². The van der Waals surface area contributed by atoms with Crippen molar-refractivity contribution in [2.45, 2.75) is 24.8 Å². The van der Waals surface area contributed by atoms with Crippen molar-refractivity contribution in [3.05, 3.63) is 42.5 Å². The van der Waals surface area contributed by atoms with Gasteiger partial charge >= 0.3 is 0 Å². The van der Waals surface area contributed by atoms with Crippen LogP contribution in [0.5, 0.6) is 11.5 Å². The first-order chi connectivity index (χ1) is 12.5. The topological polar surface area (TPSA) is 76.7 Å². The fourth-order valence-corrected chi connectivity index (χ4v) is 3.13. The van der Waals surface area contributed by atoms with E-state index in [-0.39, 0.29) is 17.6 Å². The monoisotopic (exact) mass is 372 g/mol. The Balaban J connectivity index is 1.55. The Morgan fingerprint density at radius 3 is 2.77 bits per heavy atom. The van der Waals surface area contributed by atoms with Gasteiger partial charge in [-0.1, -0.05) is 0 Å². The smallest absolute Gasteiger partial charge is 0.265 e. The number of carbonyl (C=O) groups is 2. The van der Waals surface area contributed by atoms with Gasteiger partial charge in [0.2, 0.25) is 5.91 Å². The van der Waals surface area contributed by atoms with E-state index in [1.54, 1.807) is 25.1 Å². The van der Waals surface area contributed by atoms with Crippen molar-refractivity contribution in [1.29, 1.82) is 0 Å². The fraction of sp³-hybridized carbons (Fsp3) is 0.263. The molecule has 2 N–H and O–H groups in total. The molecule has 0 fully saturated rings. The molecule has 1 aliphatic heterocycles. The van der Waals surface area contributed by atoms with E-state index in [9.17, 15) is 9.59 Å². The van der Waals surface area contributed by atoms with Gasteiger partial charge in [-0.05, 0) is 56.3 Å². The van der Waals surface area contributed by atoms with E-state index in [0.29, 0.717) is 23.7 Å². The number of hydrogen-bond donors (Lipinski definition) is 2. The van der Waals surface area contributed by atoms with Gasteiger partial charge in [-0.25, -0.2) is 0 Å². The molecule has 2 amide bonds. The van der Waals surface area contributed by atoms with E-state index in [1.165, 1.54) is 11.8 Å². The third-order valence-electron chi connectivity index (χ3n) is 3.70. The first-order valence-corrected chi connectivity index (χ1v) is 9.31. The summed E-state index contributed by atoms with van der Waals surface area (Å²) in [6.07, 6.45) is -0.520. The van der Waals surface area contributed by atoms with Crippen LogP contribution in [-0.4, -0.2) is 30.3 Å². The van der Waals surface area contributed by atoms with Crippen molar-refractivity contribution in [3.63, 3.8) is 0 Å². The molecule has 0 spiro atoms. The van der Waals surface area contributed by atoms with Gasteiger partial charge in [-0.15, -0.1) is 11.8 Å². The second-order valence-electron chi connectivity index (χ2n) is 5.70. The van der Waals surface area contributed by atoms with Gasteiger partial charge in [0, 0.05) is 10.6 Å². The number of thioether (sulfide) groups is 1. The molecule has 0 unspecified atom stereocenters. The summed E-state index contributed by atoms with van der Waals surface area (Å²) in [7, 11) is 0. The highest BCUT2D eigenvalue weighted by molar-refractivity contribution is 8.00. The molecular weight excluding hydrogens is 352 g/mol. The lowest BCUT2D eigenvalue weighted by Gasteiger charge is -2.23. The van der Waals surface area contributed by atoms with Crippen molar-refractivity contribution >= 4 is 35.0 Å². The molecule has 0 aliphatic carbocycles. The van der Waals surface area contributed by atoms with E-state index in [2.05, 4.69) is 10.6 Å². The molecule has 1 heterocycles. The van der Waals surface area contributed by atoms with Gasteiger partial charge in [0.05, 0.1) is 18.0 Å². The highest BCUT2D eigenvalue weighted by Crippen LogP contribution is 2.32. The maximum Gasteiger partial charge on any atom is 0.265 e. The largest absolute Gasteiger partial charge is 0.494 e. The van der Waals surface area contributed by atoms with Crippen LogP contribution in [0, 0.1) is 0 Å². The number of ether oxygens (including phenoxy) is 2. The molecule has 3 rings (SSSR count). The average molecular weight is 372 g/mol. The zero-order chi connectivity index (χ0) is 18.5. The predicted molar refractivity (Wildman–Crippen MR) is 102 cm³/mol. The summed E-state index contributed by atoms with van der Waals surface area (Å²) in [6.45, 7) is 4.25. The summed E-state index contributed by atoms with van der Waals surface area (Å²) in [5, 5.41) is 5.59. The van der Waals surface area contributed by atoms with Crippen LogP contribution < -0.4 is 20.1 Å². The van der Waals surface area contributed by atoms with Crippen LogP contribution in [0.1, 0.15) is 13.8 Å². The first-order valence-electron chi connectivity index (χ1n) is 8.32. The molecule has 136 valence electrons. The van der Waals surface area contributed by atoms with Gasteiger partial charge in [-0.3, -0.25) is 9.59 Å². The number of carbonyl (C=O) groups excluding carboxylic acids is 2. The quantitative estimate of drug-likeness (QED) is 0.759. The molecule has 26 heavy (non-hydrogen) atoms. The fourth-order valence-electron chi connectivity index (χ4n) is 2.43. The third kappa shape index (κ3) is 4.49. The number of benzene rings is 2. The Morgan fingerprint density at radius 1 is 1.27 bits per heavy atom. The van der Waals surface area contributed by atoms with Crippen LogP contribution in [0.3, 0.4) is 0 Å². The minimum Gasteiger partial charge on any atom is -0.494 e. The van der Waals surface area contributed by atoms with E-state index in [4.69, 9.17) is 9.47 Å². The normalized spacial score (nSPS) is 15.5. The molecule has 2 aromatic rings. The second kappa shape index (κ2) is 8.14. The minimum atomic E-state index is -0.520. The number of rotatable bonds is 6. The summed E-state index contributed by atoms with van der Waals surface area (Å²) < 4.78 is 10.9. The molecule has 0 radical (unpaired) electrons. The summed E-state index contributed by atoms with van der Waals surface area (Å²) in [5.74, 6) is 1.37. The van der Waals surface area contributed by atoms with E-state index in [0.717, 1.165) is 10.6 Å². The number of amides is 2. The summed E-state index contributed by atoms with van der Waals surface area (Å²) in [6, 6.07) is 12.8. The number of anilines is 2. The Morgan fingerprint density at radius 2 is 2.04 bits per heavy atom. The summed E-state index contributed by atoms with van der Waals surface area (Å²) in [5.41, 5.74) is 1.17. The molecule has 0 aromatic heterocycles. The van der Waals surface area contributed by atoms with Crippen molar-refractivity contribution in [3.8, 4) is 11.5 Å². The Labute approximate surface area is 156 Å². The molecular formula is C19H20N2O4S. The van der Waals surface area contributed by atoms with Crippen LogP contribution >= 0.6 is 11.8 Å². The average Bonchev–Trinajstić information content (AvgIpc) is 2.63. The Kier molecular flexibility index (Phi) is 5.68. The van der Waals surface area contributed by atoms with Gasteiger partial charge in [0.15, 0.2) is 6.10 Å². The molecule has 7 heteroatoms. The number of nitrogens with one attached hydrogen (secondary N) is 2. The predicted octanol–water partition coefficient (Wildman–Crippen LogP) is 3.54. The van der Waals surface area contributed by atoms with E-state index < -0.39 is 6.10 Å². The van der Waals surface area contributed by atoms with Crippen LogP contribution in [0.15, 0.2) is 47.4 Å². The zero-order valence-electron chi connectivity index (χ0n) is 14.6. The highest BCUT2D eigenvalue weighted by atomic mass is 32.2. The number of fused-ring (bicyclic) bond motifs is 1. The van der Waals surface area contributed by atoms with Crippen molar-refractivity contribution in [2.75, 3.05) is 23.0 Å². The molecule has 1 atom stereocenters. The SMILES string of the molecule is CCOc1ccc(SCC(=O)Nc2ccc3c(c2)NC(=O)[C@@H](C)O3)cc1. The van der Waals surface area contributed by atoms with Crippen molar-refractivity contribution in [2.24, 2.45) is 0 Å². The van der Waals surface area contributed by atoms with Gasteiger partial charge in [0.25, 0.3) is 5.91 Å². The molecule has 0 saturated carbocycles.